The van der Waals surface area contributed by atoms with E-state index in [9.17, 15) is 9.59 Å². The average Bonchev–Trinajstić information content (AvgIpc) is 3.10. The van der Waals surface area contributed by atoms with Gasteiger partial charge in [-0.3, -0.25) is 4.79 Å². The molecule has 0 spiro atoms. The molecule has 1 N–H and O–H groups in total. The van der Waals surface area contributed by atoms with Crippen LogP contribution in [-0.2, 0) is 14.3 Å². The van der Waals surface area contributed by atoms with E-state index in [1.807, 2.05) is 12.1 Å². The number of hydrogen-bond acceptors (Lipinski definition) is 3. The van der Waals surface area contributed by atoms with Crippen molar-refractivity contribution in [1.82, 2.24) is 5.32 Å². The number of amides is 1. The molecule has 0 atom stereocenters. The van der Waals surface area contributed by atoms with Gasteiger partial charge in [0, 0.05) is 11.1 Å². The quantitative estimate of drug-likeness (QED) is 0.518. The second-order valence-electron chi connectivity index (χ2n) is 3.42. The van der Waals surface area contributed by atoms with Gasteiger partial charge in [0.1, 0.15) is 0 Å². The van der Waals surface area contributed by atoms with Crippen molar-refractivity contribution in [2.45, 2.75) is 6.92 Å². The highest BCUT2D eigenvalue weighted by molar-refractivity contribution is 6.30. The summed E-state index contributed by atoms with van der Waals surface area (Å²) in [5.41, 5.74) is 0.880. The van der Waals surface area contributed by atoms with E-state index in [2.05, 4.69) is 5.32 Å². The molecule has 0 aliphatic carbocycles. The number of carbonyl (C=O) groups excluding carboxylic acids is 2. The van der Waals surface area contributed by atoms with E-state index in [0.29, 0.717) is 18.2 Å². The summed E-state index contributed by atoms with van der Waals surface area (Å²) >= 11 is 5.77. The van der Waals surface area contributed by atoms with Crippen LogP contribution < -0.4 is 5.32 Å². The van der Waals surface area contributed by atoms with Crippen LogP contribution in [0.1, 0.15) is 12.5 Å². The van der Waals surface area contributed by atoms with Gasteiger partial charge in [-0.15, -0.1) is 0 Å². The zero-order valence-corrected chi connectivity index (χ0v) is 10.7. The van der Waals surface area contributed by atoms with Crippen LogP contribution in [0.15, 0.2) is 30.3 Å². The van der Waals surface area contributed by atoms with E-state index in [0.717, 1.165) is 5.56 Å². The van der Waals surface area contributed by atoms with Gasteiger partial charge in [0.25, 0.3) is 0 Å². The highest BCUT2D eigenvalue weighted by Crippen LogP contribution is 2.11. The first kappa shape index (κ1) is 14.3. The fourth-order valence-electron chi connectivity index (χ4n) is 1.00. The maximum atomic E-state index is 11.0. The fraction of sp³-hybridized carbons (Fsp3) is 0.231. The van der Waals surface area contributed by atoms with Crippen LogP contribution in [0.3, 0.4) is 0 Å². The summed E-state index contributed by atoms with van der Waals surface area (Å²) in [5, 5.41) is 3.11. The summed E-state index contributed by atoms with van der Waals surface area (Å²) in [6.45, 7) is 2.75. The molecule has 0 aromatic heterocycles. The van der Waals surface area contributed by atoms with Crippen LogP contribution in [0.2, 0.25) is 5.02 Å². The van der Waals surface area contributed by atoms with Gasteiger partial charge in [0.15, 0.2) is 0 Å². The van der Waals surface area contributed by atoms with Crippen molar-refractivity contribution in [3.05, 3.63) is 40.9 Å². The van der Waals surface area contributed by atoms with Gasteiger partial charge in [0.05, 0.1) is 13.2 Å². The largest absolute Gasteiger partial charge is 0.463 e. The standard InChI is InChI=1S/C11H11ClO2.C2H3NO/c1-2-14-11(13)7-6-9-4-3-5-10(12)8-9;4-2-1-3-2/h3-8H,2H2,1H3;1H2,(H,3,4). The van der Waals surface area contributed by atoms with Crippen molar-refractivity contribution in [2.75, 3.05) is 13.2 Å². The van der Waals surface area contributed by atoms with Crippen molar-refractivity contribution < 1.29 is 14.3 Å². The molecule has 0 bridgehead atoms. The molecule has 1 saturated heterocycles. The number of nitrogens with one attached hydrogen (secondary N) is 1. The molecule has 0 unspecified atom stereocenters. The average molecular weight is 268 g/mol. The second-order valence-corrected chi connectivity index (χ2v) is 3.85. The Morgan fingerprint density at radius 2 is 2.22 bits per heavy atom. The van der Waals surface area contributed by atoms with Crippen molar-refractivity contribution in [1.29, 1.82) is 0 Å². The second kappa shape index (κ2) is 7.50. The van der Waals surface area contributed by atoms with Crippen LogP contribution >= 0.6 is 11.6 Å². The summed E-state index contributed by atoms with van der Waals surface area (Å²) in [6.07, 6.45) is 3.05. The SMILES string of the molecule is CCOC(=O)C=Cc1cccc(Cl)c1.O=C1CN1. The van der Waals surface area contributed by atoms with Gasteiger partial charge in [-0.2, -0.15) is 0 Å². The molecule has 0 saturated carbocycles. The minimum atomic E-state index is -0.340. The van der Waals surface area contributed by atoms with Crippen LogP contribution in [-0.4, -0.2) is 25.0 Å². The topological polar surface area (TPSA) is 65.3 Å². The zero-order chi connectivity index (χ0) is 13.4. The molecule has 1 aliphatic rings. The Morgan fingerprint density at radius 1 is 1.56 bits per heavy atom. The van der Waals surface area contributed by atoms with E-state index in [-0.39, 0.29) is 11.9 Å². The van der Waals surface area contributed by atoms with E-state index in [1.54, 1.807) is 25.1 Å². The van der Waals surface area contributed by atoms with Gasteiger partial charge >= 0.3 is 5.97 Å². The molecule has 5 heteroatoms. The van der Waals surface area contributed by atoms with Gasteiger partial charge in [-0.25, -0.2) is 4.79 Å². The molecule has 18 heavy (non-hydrogen) atoms. The van der Waals surface area contributed by atoms with Crippen molar-refractivity contribution in [3.63, 3.8) is 0 Å². The van der Waals surface area contributed by atoms with Crippen molar-refractivity contribution >= 4 is 29.6 Å². The van der Waals surface area contributed by atoms with Crippen LogP contribution in [0, 0.1) is 0 Å². The highest BCUT2D eigenvalue weighted by Gasteiger charge is 2.10. The van der Waals surface area contributed by atoms with Crippen LogP contribution in [0.4, 0.5) is 0 Å². The number of rotatable bonds is 3. The van der Waals surface area contributed by atoms with E-state index in [1.165, 1.54) is 6.08 Å². The molecule has 1 amide bonds. The monoisotopic (exact) mass is 267 g/mol. The summed E-state index contributed by atoms with van der Waals surface area (Å²) in [4.78, 5) is 20.4. The minimum Gasteiger partial charge on any atom is -0.463 e. The molecule has 1 fully saturated rings. The zero-order valence-electron chi connectivity index (χ0n) is 9.98. The Hall–Kier alpha value is -1.81. The molecular weight excluding hydrogens is 254 g/mol. The molecule has 1 heterocycles. The van der Waals surface area contributed by atoms with Gasteiger partial charge in [-0.05, 0) is 30.7 Å². The molecular formula is C13H14ClNO3. The van der Waals surface area contributed by atoms with Gasteiger partial charge < -0.3 is 10.1 Å². The van der Waals surface area contributed by atoms with Crippen LogP contribution in [0.5, 0.6) is 0 Å². The first-order chi connectivity index (χ1) is 8.61. The predicted molar refractivity (Wildman–Crippen MR) is 70.1 cm³/mol. The maximum absolute atomic E-state index is 11.0. The number of halogens is 1. The Balaban J connectivity index is 0.000000341. The van der Waals surface area contributed by atoms with Gasteiger partial charge in [0.2, 0.25) is 5.91 Å². The lowest BCUT2D eigenvalue weighted by molar-refractivity contribution is -0.137. The minimum absolute atomic E-state index is 0.167. The highest BCUT2D eigenvalue weighted by atomic mass is 35.5. The molecule has 96 valence electrons. The molecule has 4 nitrogen and oxygen atoms in total. The lowest BCUT2D eigenvalue weighted by atomic mass is 10.2. The summed E-state index contributed by atoms with van der Waals surface area (Å²) in [5.74, 6) is -0.174. The number of esters is 1. The van der Waals surface area contributed by atoms with E-state index >= 15 is 0 Å². The number of carbonyl (C=O) groups is 2. The lowest BCUT2D eigenvalue weighted by Gasteiger charge is -1.95. The van der Waals surface area contributed by atoms with Crippen molar-refractivity contribution in [2.24, 2.45) is 0 Å². The summed E-state index contributed by atoms with van der Waals surface area (Å²) in [6, 6.07) is 7.25. The summed E-state index contributed by atoms with van der Waals surface area (Å²) in [7, 11) is 0. The lowest BCUT2D eigenvalue weighted by Crippen LogP contribution is -1.98. The number of ether oxygens (including phenoxy) is 1. The molecule has 0 radical (unpaired) electrons. The smallest absolute Gasteiger partial charge is 0.330 e. The summed E-state index contributed by atoms with van der Waals surface area (Å²) < 4.78 is 4.74. The Morgan fingerprint density at radius 3 is 2.72 bits per heavy atom. The van der Waals surface area contributed by atoms with E-state index < -0.39 is 0 Å². The molecule has 1 aromatic rings. The predicted octanol–water partition coefficient (Wildman–Crippen LogP) is 2.03. The van der Waals surface area contributed by atoms with Crippen LogP contribution in [0.25, 0.3) is 6.08 Å². The maximum Gasteiger partial charge on any atom is 0.330 e. The molecule has 1 aromatic carbocycles. The van der Waals surface area contributed by atoms with E-state index in [4.69, 9.17) is 16.3 Å². The molecule has 2 rings (SSSR count). The Bertz CT molecular complexity index is 451. The third-order valence-electron chi connectivity index (χ3n) is 1.87. The first-order valence-electron chi connectivity index (χ1n) is 5.49. The molecule has 1 aliphatic heterocycles. The third-order valence-corrected chi connectivity index (χ3v) is 2.10. The third kappa shape index (κ3) is 6.70. The number of hydrogen-bond donors (Lipinski definition) is 1. The fourth-order valence-corrected chi connectivity index (χ4v) is 1.20. The first-order valence-corrected chi connectivity index (χ1v) is 5.86. The number of benzene rings is 1. The van der Waals surface area contributed by atoms with Gasteiger partial charge in [-0.1, -0.05) is 23.7 Å². The van der Waals surface area contributed by atoms with Crippen molar-refractivity contribution in [3.8, 4) is 0 Å². The Kier molecular flexibility index (Phi) is 5.94. The normalized spacial score (nSPS) is 12.4. The Labute approximate surface area is 111 Å².